The van der Waals surface area contributed by atoms with Gasteiger partial charge in [0.15, 0.2) is 0 Å². The Morgan fingerprint density at radius 1 is 0.846 bits per heavy atom. The Hall–Kier alpha value is -3.72. The summed E-state index contributed by atoms with van der Waals surface area (Å²) in [4.78, 5) is 12.2. The quantitative estimate of drug-likeness (QED) is 0.259. The number of benzene rings is 3. The van der Waals surface area contributed by atoms with E-state index in [0.29, 0.717) is 25.4 Å². The Labute approximate surface area is 230 Å². The molecule has 4 rings (SSSR count). The second-order valence-electron chi connectivity index (χ2n) is 9.47. The van der Waals surface area contributed by atoms with E-state index in [1.165, 1.54) is 12.1 Å². The van der Waals surface area contributed by atoms with Crippen LogP contribution in [0.3, 0.4) is 0 Å². The van der Waals surface area contributed by atoms with Crippen molar-refractivity contribution in [3.05, 3.63) is 78.4 Å². The SMILES string of the molecule is CCc1cc(Oc2ccccc2)ccc1OCCCOc1ccc(S(=O)(=O)NC(=O)NC2CCCCC2)cc1. The molecule has 1 fully saturated rings. The molecule has 0 radical (unpaired) electrons. The monoisotopic (exact) mass is 552 g/mol. The van der Waals surface area contributed by atoms with Crippen molar-refractivity contribution in [3.8, 4) is 23.0 Å². The molecule has 0 aliphatic heterocycles. The first-order chi connectivity index (χ1) is 18.9. The number of hydrogen-bond acceptors (Lipinski definition) is 6. The van der Waals surface area contributed by atoms with Crippen LogP contribution in [0.5, 0.6) is 23.0 Å². The molecule has 39 heavy (non-hydrogen) atoms. The third-order valence-corrected chi connectivity index (χ3v) is 7.86. The fourth-order valence-electron chi connectivity index (χ4n) is 4.45. The molecule has 0 unspecified atom stereocenters. The van der Waals surface area contributed by atoms with Crippen LogP contribution in [0.25, 0.3) is 0 Å². The van der Waals surface area contributed by atoms with Gasteiger partial charge in [-0.3, -0.25) is 0 Å². The predicted molar refractivity (Wildman–Crippen MR) is 150 cm³/mol. The van der Waals surface area contributed by atoms with Crippen LogP contribution in [0.15, 0.2) is 77.7 Å². The topological polar surface area (TPSA) is 103 Å². The summed E-state index contributed by atoms with van der Waals surface area (Å²) in [5.41, 5.74) is 1.06. The Balaban J connectivity index is 1.20. The van der Waals surface area contributed by atoms with E-state index in [0.717, 1.165) is 61.3 Å². The minimum absolute atomic E-state index is 0.00348. The zero-order chi connectivity index (χ0) is 27.5. The zero-order valence-corrected chi connectivity index (χ0v) is 23.0. The maximum absolute atomic E-state index is 12.6. The largest absolute Gasteiger partial charge is 0.493 e. The van der Waals surface area contributed by atoms with Crippen LogP contribution in [0.1, 0.15) is 51.0 Å². The van der Waals surface area contributed by atoms with Gasteiger partial charge in [-0.25, -0.2) is 17.9 Å². The molecule has 1 aliphatic rings. The minimum Gasteiger partial charge on any atom is -0.493 e. The molecule has 0 saturated heterocycles. The van der Waals surface area contributed by atoms with E-state index in [9.17, 15) is 13.2 Å². The third kappa shape index (κ3) is 8.64. The number of rotatable bonds is 12. The molecule has 208 valence electrons. The van der Waals surface area contributed by atoms with Gasteiger partial charge in [0.05, 0.1) is 18.1 Å². The molecular formula is C30H36N2O6S. The first-order valence-electron chi connectivity index (χ1n) is 13.5. The van der Waals surface area contributed by atoms with Crippen LogP contribution in [0.2, 0.25) is 0 Å². The summed E-state index contributed by atoms with van der Waals surface area (Å²) in [5.74, 6) is 2.90. The van der Waals surface area contributed by atoms with Gasteiger partial charge in [-0.1, -0.05) is 44.4 Å². The fraction of sp³-hybridized carbons (Fsp3) is 0.367. The molecule has 2 amide bonds. The highest BCUT2D eigenvalue weighted by atomic mass is 32.2. The van der Waals surface area contributed by atoms with Gasteiger partial charge in [-0.2, -0.15) is 0 Å². The van der Waals surface area contributed by atoms with Crippen molar-refractivity contribution in [1.82, 2.24) is 10.0 Å². The van der Waals surface area contributed by atoms with Crippen molar-refractivity contribution in [1.29, 1.82) is 0 Å². The summed E-state index contributed by atoms with van der Waals surface area (Å²) >= 11 is 0. The molecule has 8 nitrogen and oxygen atoms in total. The molecule has 0 bridgehead atoms. The summed E-state index contributed by atoms with van der Waals surface area (Å²) < 4.78 is 44.8. The molecule has 0 spiro atoms. The van der Waals surface area contributed by atoms with Gasteiger partial charge in [0.2, 0.25) is 0 Å². The zero-order valence-electron chi connectivity index (χ0n) is 22.2. The van der Waals surface area contributed by atoms with Gasteiger partial charge >= 0.3 is 6.03 Å². The van der Waals surface area contributed by atoms with E-state index in [-0.39, 0.29) is 10.9 Å². The number of aryl methyl sites for hydroxylation is 1. The van der Waals surface area contributed by atoms with Gasteiger partial charge in [-0.05, 0) is 79.4 Å². The second-order valence-corrected chi connectivity index (χ2v) is 11.2. The first kappa shape index (κ1) is 28.3. The van der Waals surface area contributed by atoms with Crippen LogP contribution in [-0.2, 0) is 16.4 Å². The maximum atomic E-state index is 12.6. The highest BCUT2D eigenvalue weighted by Gasteiger charge is 2.21. The number of nitrogens with one attached hydrogen (secondary N) is 2. The number of amides is 2. The lowest BCUT2D eigenvalue weighted by atomic mass is 9.96. The Bertz CT molecular complexity index is 1310. The number of carbonyl (C=O) groups excluding carboxylic acids is 1. The minimum atomic E-state index is -3.96. The summed E-state index contributed by atoms with van der Waals surface area (Å²) in [6, 6.07) is 20.8. The van der Waals surface area contributed by atoms with Crippen molar-refractivity contribution < 1.29 is 27.4 Å². The average molecular weight is 553 g/mol. The Morgan fingerprint density at radius 2 is 1.54 bits per heavy atom. The molecule has 9 heteroatoms. The van der Waals surface area contributed by atoms with Gasteiger partial charge < -0.3 is 19.5 Å². The smallest absolute Gasteiger partial charge is 0.328 e. The van der Waals surface area contributed by atoms with Crippen LogP contribution in [0, 0.1) is 0 Å². The molecule has 1 saturated carbocycles. The highest BCUT2D eigenvalue weighted by Crippen LogP contribution is 2.28. The number of hydrogen-bond donors (Lipinski definition) is 2. The van der Waals surface area contributed by atoms with E-state index >= 15 is 0 Å². The van der Waals surface area contributed by atoms with Crippen LogP contribution in [0.4, 0.5) is 4.79 Å². The standard InChI is InChI=1S/C30H36N2O6S/c1-2-23-22-27(38-26-12-7-4-8-13-26)16-19-29(23)37-21-9-20-36-25-14-17-28(18-15-25)39(34,35)32-30(33)31-24-10-5-3-6-11-24/h4,7-8,12-19,22,24H,2-3,5-6,9-11,20-21H2,1H3,(H2,31,32,33). The van der Waals surface area contributed by atoms with Gasteiger partial charge in [0, 0.05) is 12.5 Å². The molecule has 0 heterocycles. The fourth-order valence-corrected chi connectivity index (χ4v) is 5.37. The van der Waals surface area contributed by atoms with Crippen molar-refractivity contribution in [2.24, 2.45) is 0 Å². The molecule has 0 aromatic heterocycles. The van der Waals surface area contributed by atoms with E-state index in [1.807, 2.05) is 48.5 Å². The lowest BCUT2D eigenvalue weighted by Crippen LogP contribution is -2.45. The molecule has 3 aromatic rings. The van der Waals surface area contributed by atoms with Crippen molar-refractivity contribution in [2.45, 2.75) is 62.8 Å². The summed E-state index contributed by atoms with van der Waals surface area (Å²) in [7, 11) is -3.96. The van der Waals surface area contributed by atoms with Crippen molar-refractivity contribution in [3.63, 3.8) is 0 Å². The lowest BCUT2D eigenvalue weighted by molar-refractivity contribution is 0.237. The van der Waals surface area contributed by atoms with E-state index in [4.69, 9.17) is 14.2 Å². The normalized spacial score (nSPS) is 13.9. The number of para-hydroxylation sites is 1. The number of urea groups is 1. The van der Waals surface area contributed by atoms with Crippen LogP contribution >= 0.6 is 0 Å². The average Bonchev–Trinajstić information content (AvgIpc) is 2.94. The second kappa shape index (κ2) is 13.9. The van der Waals surface area contributed by atoms with E-state index in [1.54, 1.807) is 12.1 Å². The van der Waals surface area contributed by atoms with Gasteiger partial charge in [0.25, 0.3) is 10.0 Å². The van der Waals surface area contributed by atoms with Crippen LogP contribution < -0.4 is 24.2 Å². The van der Waals surface area contributed by atoms with E-state index in [2.05, 4.69) is 17.0 Å². The highest BCUT2D eigenvalue weighted by molar-refractivity contribution is 7.90. The third-order valence-electron chi connectivity index (χ3n) is 6.51. The molecule has 0 atom stereocenters. The summed E-state index contributed by atoms with van der Waals surface area (Å²) in [6.07, 6.45) is 6.45. The van der Waals surface area contributed by atoms with E-state index < -0.39 is 16.1 Å². The van der Waals surface area contributed by atoms with Gasteiger partial charge in [-0.15, -0.1) is 0 Å². The lowest BCUT2D eigenvalue weighted by Gasteiger charge is -2.22. The summed E-state index contributed by atoms with van der Waals surface area (Å²) in [5, 5.41) is 2.76. The van der Waals surface area contributed by atoms with Gasteiger partial charge in [0.1, 0.15) is 23.0 Å². The van der Waals surface area contributed by atoms with Crippen molar-refractivity contribution in [2.75, 3.05) is 13.2 Å². The first-order valence-corrected chi connectivity index (χ1v) is 15.0. The number of sulfonamides is 1. The molecular weight excluding hydrogens is 516 g/mol. The Kier molecular flexibility index (Phi) is 10.1. The predicted octanol–water partition coefficient (Wildman–Crippen LogP) is 6.21. The van der Waals surface area contributed by atoms with Crippen LogP contribution in [-0.4, -0.2) is 33.7 Å². The molecule has 3 aromatic carbocycles. The Morgan fingerprint density at radius 3 is 2.26 bits per heavy atom. The summed E-state index contributed by atoms with van der Waals surface area (Å²) in [6.45, 7) is 2.95. The maximum Gasteiger partial charge on any atom is 0.328 e. The number of ether oxygens (including phenoxy) is 3. The molecule has 1 aliphatic carbocycles. The van der Waals surface area contributed by atoms with Crippen molar-refractivity contribution >= 4 is 16.1 Å². The molecule has 2 N–H and O–H groups in total. The number of carbonyl (C=O) groups is 1.